The molecule has 4 aromatic rings. The summed E-state index contributed by atoms with van der Waals surface area (Å²) in [6.07, 6.45) is 7.70. The van der Waals surface area contributed by atoms with Crippen molar-refractivity contribution < 1.29 is 9.53 Å². The largest absolute Gasteiger partial charge is 0.457 e. The van der Waals surface area contributed by atoms with Crippen LogP contribution in [0.25, 0.3) is 11.5 Å². The number of esters is 1. The van der Waals surface area contributed by atoms with Gasteiger partial charge in [0.1, 0.15) is 29.3 Å². The second-order valence-corrected chi connectivity index (χ2v) is 8.19. The summed E-state index contributed by atoms with van der Waals surface area (Å²) in [5.41, 5.74) is 2.83. The maximum atomic E-state index is 12.5. The third kappa shape index (κ3) is 5.79. The van der Waals surface area contributed by atoms with Crippen molar-refractivity contribution in [3.8, 4) is 11.5 Å². The molecule has 4 aromatic heterocycles. The number of aryl methyl sites for hydroxylation is 1. The molecule has 1 atom stereocenters. The second kappa shape index (κ2) is 10.3. The Morgan fingerprint density at radius 1 is 1.09 bits per heavy atom. The molecule has 1 aliphatic heterocycles. The highest BCUT2D eigenvalue weighted by atomic mass is 16.5. The lowest BCUT2D eigenvalue weighted by atomic mass is 10.1. The molecular formula is C25H24N8O2. The van der Waals surface area contributed by atoms with E-state index in [-0.39, 0.29) is 12.1 Å². The fourth-order valence-electron chi connectivity index (χ4n) is 3.73. The average Bonchev–Trinajstić information content (AvgIpc) is 3.38. The number of aromatic nitrogens is 6. The summed E-state index contributed by atoms with van der Waals surface area (Å²) in [4.78, 5) is 39.0. The molecule has 0 aromatic carbocycles. The van der Waals surface area contributed by atoms with E-state index >= 15 is 0 Å². The fraction of sp³-hybridized carbons (Fsp3) is 0.240. The first kappa shape index (κ1) is 22.5. The number of rotatable bonds is 7. The zero-order valence-electron chi connectivity index (χ0n) is 19.2. The summed E-state index contributed by atoms with van der Waals surface area (Å²) in [6, 6.07) is 11.0. The molecule has 0 bridgehead atoms. The molecule has 1 fully saturated rings. The van der Waals surface area contributed by atoms with Crippen molar-refractivity contribution in [1.82, 2.24) is 35.2 Å². The van der Waals surface area contributed by atoms with Crippen LogP contribution < -0.4 is 10.6 Å². The first-order valence-corrected chi connectivity index (χ1v) is 11.3. The molecule has 0 aliphatic carbocycles. The van der Waals surface area contributed by atoms with E-state index in [1.165, 1.54) is 6.20 Å². The third-order valence-electron chi connectivity index (χ3n) is 5.42. The molecule has 2 N–H and O–H groups in total. The van der Waals surface area contributed by atoms with Gasteiger partial charge in [0.05, 0.1) is 5.56 Å². The van der Waals surface area contributed by atoms with Gasteiger partial charge < -0.3 is 15.4 Å². The molecule has 10 nitrogen and oxygen atoms in total. The number of anilines is 2. The molecule has 176 valence electrons. The smallest absolute Gasteiger partial charge is 0.340 e. The lowest BCUT2D eigenvalue weighted by Crippen LogP contribution is -2.21. The minimum atomic E-state index is -0.368. The molecule has 1 saturated heterocycles. The van der Waals surface area contributed by atoms with Gasteiger partial charge in [0, 0.05) is 43.4 Å². The van der Waals surface area contributed by atoms with Gasteiger partial charge in [-0.15, -0.1) is 0 Å². The number of ether oxygens (including phenoxy) is 1. The molecule has 0 unspecified atom stereocenters. The highest BCUT2D eigenvalue weighted by Gasteiger charge is 2.20. The Kier molecular flexibility index (Phi) is 6.62. The molecule has 35 heavy (non-hydrogen) atoms. The Bertz CT molecular complexity index is 1340. The average molecular weight is 469 g/mol. The first-order valence-electron chi connectivity index (χ1n) is 11.3. The quantitative estimate of drug-likeness (QED) is 0.391. The zero-order chi connectivity index (χ0) is 24.0. The van der Waals surface area contributed by atoms with Crippen LogP contribution in [-0.4, -0.2) is 55.1 Å². The van der Waals surface area contributed by atoms with Crippen LogP contribution in [0, 0.1) is 6.92 Å². The normalized spacial score (nSPS) is 15.1. The summed E-state index contributed by atoms with van der Waals surface area (Å²) in [7, 11) is 0. The minimum Gasteiger partial charge on any atom is -0.457 e. The van der Waals surface area contributed by atoms with Gasteiger partial charge in [-0.3, -0.25) is 4.98 Å². The number of carbonyl (C=O) groups is 1. The van der Waals surface area contributed by atoms with Crippen LogP contribution in [0.2, 0.25) is 0 Å². The number of carbonyl (C=O) groups excluding carboxylic acids is 1. The van der Waals surface area contributed by atoms with Crippen LogP contribution >= 0.6 is 0 Å². The van der Waals surface area contributed by atoms with E-state index in [1.807, 2.05) is 25.1 Å². The van der Waals surface area contributed by atoms with Crippen LogP contribution in [0.1, 0.15) is 33.9 Å². The Morgan fingerprint density at radius 3 is 2.77 bits per heavy atom. The van der Waals surface area contributed by atoms with Crippen molar-refractivity contribution in [2.75, 3.05) is 18.4 Å². The summed E-state index contributed by atoms with van der Waals surface area (Å²) in [5, 5.41) is 6.38. The Balaban J connectivity index is 1.28. The number of hydrogen-bond acceptors (Lipinski definition) is 10. The van der Waals surface area contributed by atoms with Gasteiger partial charge in [0.15, 0.2) is 5.82 Å². The first-order chi connectivity index (χ1) is 17.1. The standard InChI is InChI=1S/C25H24N8O2/c1-16-3-2-4-20(30-16)24-29-10-7-22(33-24)31-21-6-9-28-23(32-21)12-17-11-18(14-27-13-17)25(34)35-19-5-8-26-15-19/h2-4,6-7,9-11,13-14,19,26H,5,8,12,15H2,1H3,(H,28,29,31,32,33)/t19-/m1/s1. The van der Waals surface area contributed by atoms with Crippen molar-refractivity contribution in [2.24, 2.45) is 0 Å². The van der Waals surface area contributed by atoms with E-state index in [4.69, 9.17) is 4.74 Å². The lowest BCUT2D eigenvalue weighted by Gasteiger charge is -2.11. The molecule has 0 radical (unpaired) electrons. The van der Waals surface area contributed by atoms with Crippen molar-refractivity contribution in [3.05, 3.63) is 83.8 Å². The summed E-state index contributed by atoms with van der Waals surface area (Å²) in [5.74, 6) is 1.92. The molecule has 0 spiro atoms. The molecule has 5 rings (SSSR count). The minimum absolute atomic E-state index is 0.0961. The molecule has 1 aliphatic rings. The topological polar surface area (TPSA) is 128 Å². The van der Waals surface area contributed by atoms with Crippen LogP contribution in [-0.2, 0) is 11.2 Å². The van der Waals surface area contributed by atoms with E-state index in [0.29, 0.717) is 47.5 Å². The molecule has 5 heterocycles. The van der Waals surface area contributed by atoms with E-state index in [9.17, 15) is 4.79 Å². The van der Waals surface area contributed by atoms with Crippen molar-refractivity contribution in [1.29, 1.82) is 0 Å². The van der Waals surface area contributed by atoms with Crippen molar-refractivity contribution >= 4 is 17.6 Å². The van der Waals surface area contributed by atoms with Crippen LogP contribution in [0.15, 0.2) is 61.2 Å². The fourth-order valence-corrected chi connectivity index (χ4v) is 3.73. The lowest BCUT2D eigenvalue weighted by molar-refractivity contribution is 0.0344. The van der Waals surface area contributed by atoms with Gasteiger partial charge in [0.2, 0.25) is 0 Å². The van der Waals surface area contributed by atoms with Crippen molar-refractivity contribution in [2.45, 2.75) is 25.9 Å². The number of pyridine rings is 2. The third-order valence-corrected chi connectivity index (χ3v) is 5.42. The Morgan fingerprint density at radius 2 is 1.94 bits per heavy atom. The number of nitrogens with one attached hydrogen (secondary N) is 2. The summed E-state index contributed by atoms with van der Waals surface area (Å²) >= 11 is 0. The van der Waals surface area contributed by atoms with E-state index in [0.717, 1.165) is 24.2 Å². The van der Waals surface area contributed by atoms with Gasteiger partial charge in [-0.2, -0.15) is 0 Å². The van der Waals surface area contributed by atoms with Gasteiger partial charge in [-0.25, -0.2) is 29.7 Å². The maximum absolute atomic E-state index is 12.5. The molecular weight excluding hydrogens is 444 g/mol. The highest BCUT2D eigenvalue weighted by molar-refractivity contribution is 5.89. The second-order valence-electron chi connectivity index (χ2n) is 8.19. The van der Waals surface area contributed by atoms with Gasteiger partial charge in [-0.05, 0) is 55.8 Å². The van der Waals surface area contributed by atoms with Crippen molar-refractivity contribution in [3.63, 3.8) is 0 Å². The molecule has 0 amide bonds. The summed E-state index contributed by atoms with van der Waals surface area (Å²) < 4.78 is 5.54. The SMILES string of the molecule is Cc1cccc(-c2nccc(Nc3ccnc(Cc4cncc(C(=O)O[C@@H]5CCNC5)c4)n3)n2)n1. The Hall–Kier alpha value is -4.31. The van der Waals surface area contributed by atoms with Gasteiger partial charge >= 0.3 is 5.97 Å². The maximum Gasteiger partial charge on any atom is 0.340 e. The van der Waals surface area contributed by atoms with Crippen LogP contribution in [0.5, 0.6) is 0 Å². The van der Waals surface area contributed by atoms with Gasteiger partial charge in [-0.1, -0.05) is 6.07 Å². The predicted octanol–water partition coefficient (Wildman–Crippen LogP) is 2.89. The van der Waals surface area contributed by atoms with E-state index < -0.39 is 0 Å². The Labute approximate surface area is 202 Å². The van der Waals surface area contributed by atoms with E-state index in [1.54, 1.807) is 36.8 Å². The van der Waals surface area contributed by atoms with Gasteiger partial charge in [0.25, 0.3) is 0 Å². The monoisotopic (exact) mass is 468 g/mol. The number of nitrogens with zero attached hydrogens (tertiary/aromatic N) is 6. The van der Waals surface area contributed by atoms with Crippen LogP contribution in [0.4, 0.5) is 11.6 Å². The zero-order valence-corrected chi connectivity index (χ0v) is 19.2. The number of hydrogen-bond donors (Lipinski definition) is 2. The highest BCUT2D eigenvalue weighted by Crippen LogP contribution is 2.18. The summed E-state index contributed by atoms with van der Waals surface area (Å²) in [6.45, 7) is 3.47. The van der Waals surface area contributed by atoms with Crippen LogP contribution in [0.3, 0.4) is 0 Å². The molecule has 0 saturated carbocycles. The molecule has 10 heteroatoms. The predicted molar refractivity (Wildman–Crippen MR) is 129 cm³/mol. The van der Waals surface area contributed by atoms with E-state index in [2.05, 4.69) is 40.5 Å².